The van der Waals surface area contributed by atoms with E-state index >= 15 is 0 Å². The molecule has 0 bridgehead atoms. The number of hydrogen-bond acceptors (Lipinski definition) is 3. The zero-order chi connectivity index (χ0) is 15.1. The second kappa shape index (κ2) is 5.92. The van der Waals surface area contributed by atoms with Crippen molar-refractivity contribution in [2.45, 2.75) is 78.5 Å². The van der Waals surface area contributed by atoms with Gasteiger partial charge < -0.3 is 14.2 Å². The van der Waals surface area contributed by atoms with Gasteiger partial charge in [0.1, 0.15) is 12.2 Å². The van der Waals surface area contributed by atoms with Gasteiger partial charge >= 0.3 is 0 Å². The van der Waals surface area contributed by atoms with Crippen LogP contribution in [0.4, 0.5) is 0 Å². The van der Waals surface area contributed by atoms with Crippen LogP contribution in [-0.2, 0) is 14.2 Å². The molecule has 1 aliphatic carbocycles. The lowest BCUT2D eigenvalue weighted by atomic mass is 9.78. The molecule has 3 nitrogen and oxygen atoms in total. The van der Waals surface area contributed by atoms with Crippen molar-refractivity contribution in [2.24, 2.45) is 23.7 Å². The van der Waals surface area contributed by atoms with Crippen LogP contribution in [0.2, 0.25) is 0 Å². The van der Waals surface area contributed by atoms with E-state index < -0.39 is 0 Å². The first kappa shape index (κ1) is 15.4. The van der Waals surface area contributed by atoms with Gasteiger partial charge in [-0.05, 0) is 36.7 Å². The Labute approximate surface area is 129 Å². The molecule has 2 aliphatic heterocycles. The Bertz CT molecular complexity index is 403. The highest BCUT2D eigenvalue weighted by Gasteiger charge is 2.49. The van der Waals surface area contributed by atoms with Crippen LogP contribution in [-0.4, -0.2) is 24.6 Å². The van der Waals surface area contributed by atoms with Crippen LogP contribution in [0, 0.1) is 23.7 Å². The maximum atomic E-state index is 6.46. The molecule has 1 saturated heterocycles. The van der Waals surface area contributed by atoms with E-state index in [-0.39, 0.29) is 18.5 Å². The average molecular weight is 294 g/mol. The molecule has 21 heavy (non-hydrogen) atoms. The smallest absolute Gasteiger partial charge is 0.161 e. The largest absolute Gasteiger partial charge is 0.495 e. The van der Waals surface area contributed by atoms with Gasteiger partial charge in [-0.2, -0.15) is 0 Å². The van der Waals surface area contributed by atoms with Crippen LogP contribution in [0.3, 0.4) is 0 Å². The molecular weight excluding hydrogens is 264 g/mol. The molecule has 0 radical (unpaired) electrons. The fourth-order valence-electron chi connectivity index (χ4n) is 3.94. The number of ether oxygens (including phenoxy) is 3. The molecule has 0 spiro atoms. The Hall–Kier alpha value is -0.540. The molecule has 3 heteroatoms. The first-order chi connectivity index (χ1) is 10.1. The van der Waals surface area contributed by atoms with E-state index in [4.69, 9.17) is 14.2 Å². The maximum absolute atomic E-state index is 6.46. The lowest BCUT2D eigenvalue weighted by Gasteiger charge is -2.45. The van der Waals surface area contributed by atoms with Crippen molar-refractivity contribution in [3.05, 3.63) is 11.8 Å². The predicted molar refractivity (Wildman–Crippen MR) is 82.7 cm³/mol. The van der Waals surface area contributed by atoms with Crippen molar-refractivity contribution in [3.8, 4) is 0 Å². The molecule has 0 aromatic rings. The molecule has 120 valence electrons. The fourth-order valence-corrected chi connectivity index (χ4v) is 3.94. The summed E-state index contributed by atoms with van der Waals surface area (Å²) in [5, 5.41) is 0. The highest BCUT2D eigenvalue weighted by Crippen LogP contribution is 2.48. The minimum Gasteiger partial charge on any atom is -0.495 e. The minimum absolute atomic E-state index is 0.0799. The van der Waals surface area contributed by atoms with Crippen LogP contribution in [0.5, 0.6) is 0 Å². The zero-order valence-corrected chi connectivity index (χ0v) is 14.0. The molecule has 0 N–H and O–H groups in total. The van der Waals surface area contributed by atoms with Gasteiger partial charge in [0.15, 0.2) is 6.29 Å². The van der Waals surface area contributed by atoms with Crippen molar-refractivity contribution in [3.63, 3.8) is 0 Å². The lowest BCUT2D eigenvalue weighted by molar-refractivity contribution is -0.277. The average Bonchev–Trinajstić information content (AvgIpc) is 3.27. The summed E-state index contributed by atoms with van der Waals surface area (Å²) in [5.41, 5.74) is 1.42. The summed E-state index contributed by atoms with van der Waals surface area (Å²) < 4.78 is 18.6. The molecule has 2 fully saturated rings. The molecule has 0 amide bonds. The second-order valence-corrected chi connectivity index (χ2v) is 7.22. The molecule has 2 heterocycles. The first-order valence-corrected chi connectivity index (χ1v) is 8.72. The normalized spacial score (nSPS) is 49.1. The molecule has 8 atom stereocenters. The van der Waals surface area contributed by atoms with Gasteiger partial charge in [-0.25, -0.2) is 0 Å². The summed E-state index contributed by atoms with van der Waals surface area (Å²) >= 11 is 0. The SMILES string of the molecule is CCC1OC(OC2C(CC)OC=C3CC32)C(C)C(C)C1C. The Morgan fingerprint density at radius 3 is 2.43 bits per heavy atom. The van der Waals surface area contributed by atoms with Crippen molar-refractivity contribution < 1.29 is 14.2 Å². The number of fused-ring (bicyclic) bond motifs is 1. The van der Waals surface area contributed by atoms with Gasteiger partial charge in [-0.15, -0.1) is 0 Å². The summed E-state index contributed by atoms with van der Waals surface area (Å²) in [6.45, 7) is 11.3. The van der Waals surface area contributed by atoms with Gasteiger partial charge in [0.05, 0.1) is 12.4 Å². The monoisotopic (exact) mass is 294 g/mol. The number of rotatable bonds is 4. The van der Waals surface area contributed by atoms with Crippen molar-refractivity contribution >= 4 is 0 Å². The molecule has 1 saturated carbocycles. The van der Waals surface area contributed by atoms with Crippen LogP contribution < -0.4 is 0 Å². The molecule has 3 rings (SSSR count). The van der Waals surface area contributed by atoms with Gasteiger partial charge in [0.2, 0.25) is 0 Å². The van der Waals surface area contributed by atoms with Crippen LogP contribution in [0.15, 0.2) is 11.8 Å². The zero-order valence-electron chi connectivity index (χ0n) is 14.0. The van der Waals surface area contributed by atoms with E-state index in [0.29, 0.717) is 29.8 Å². The molecular formula is C18H30O3. The lowest BCUT2D eigenvalue weighted by Crippen LogP contribution is -2.49. The van der Waals surface area contributed by atoms with Crippen molar-refractivity contribution in [2.75, 3.05) is 0 Å². The van der Waals surface area contributed by atoms with E-state index in [9.17, 15) is 0 Å². The van der Waals surface area contributed by atoms with Gasteiger partial charge in [0, 0.05) is 11.8 Å². The van der Waals surface area contributed by atoms with Crippen LogP contribution in [0.1, 0.15) is 53.9 Å². The summed E-state index contributed by atoms with van der Waals surface area (Å²) in [5.74, 6) is 2.25. The topological polar surface area (TPSA) is 27.7 Å². The molecule has 0 aromatic carbocycles. The van der Waals surface area contributed by atoms with Crippen LogP contribution >= 0.6 is 0 Å². The van der Waals surface area contributed by atoms with Gasteiger partial charge in [-0.1, -0.05) is 34.6 Å². The number of hydrogen-bond donors (Lipinski definition) is 0. The van der Waals surface area contributed by atoms with Gasteiger partial charge in [0.25, 0.3) is 0 Å². The molecule has 8 unspecified atom stereocenters. The highest BCUT2D eigenvalue weighted by molar-refractivity contribution is 5.26. The third-order valence-corrected chi connectivity index (χ3v) is 6.01. The summed E-state index contributed by atoms with van der Waals surface area (Å²) in [4.78, 5) is 0. The third kappa shape index (κ3) is 2.75. The van der Waals surface area contributed by atoms with Crippen molar-refractivity contribution in [1.29, 1.82) is 0 Å². The van der Waals surface area contributed by atoms with Gasteiger partial charge in [-0.3, -0.25) is 0 Å². The van der Waals surface area contributed by atoms with E-state index in [0.717, 1.165) is 19.3 Å². The summed E-state index contributed by atoms with van der Waals surface area (Å²) in [6, 6.07) is 0. The van der Waals surface area contributed by atoms with Crippen molar-refractivity contribution in [1.82, 2.24) is 0 Å². The summed E-state index contributed by atoms with van der Waals surface area (Å²) in [7, 11) is 0. The Kier molecular flexibility index (Phi) is 4.33. The Balaban J connectivity index is 1.70. The van der Waals surface area contributed by atoms with E-state index in [2.05, 4.69) is 34.6 Å². The highest BCUT2D eigenvalue weighted by atomic mass is 16.7. The molecule has 3 aliphatic rings. The fraction of sp³-hybridized carbons (Fsp3) is 0.889. The Morgan fingerprint density at radius 2 is 1.76 bits per heavy atom. The van der Waals surface area contributed by atoms with E-state index in [1.807, 2.05) is 6.26 Å². The predicted octanol–water partition coefficient (Wildman–Crippen LogP) is 4.13. The van der Waals surface area contributed by atoms with E-state index in [1.165, 1.54) is 5.57 Å². The summed E-state index contributed by atoms with van der Waals surface area (Å²) in [6.07, 6.45) is 5.77. The standard InChI is InChI=1S/C18H30O3/c1-6-15-11(4)10(3)12(5)18(20-15)21-17-14-8-13(14)9-19-16(17)7-2/h9-12,14-18H,6-8H2,1-5H3. The maximum Gasteiger partial charge on any atom is 0.161 e. The molecule has 0 aromatic heterocycles. The first-order valence-electron chi connectivity index (χ1n) is 8.72. The Morgan fingerprint density at radius 1 is 1.05 bits per heavy atom. The third-order valence-electron chi connectivity index (χ3n) is 6.01. The van der Waals surface area contributed by atoms with E-state index in [1.54, 1.807) is 0 Å². The second-order valence-electron chi connectivity index (χ2n) is 7.22. The quantitative estimate of drug-likeness (QED) is 0.780. The van der Waals surface area contributed by atoms with Crippen LogP contribution in [0.25, 0.3) is 0 Å². The minimum atomic E-state index is -0.0799.